The fourth-order valence-corrected chi connectivity index (χ4v) is 2.40. The largest absolute Gasteiger partial charge is 0.465 e. The highest BCUT2D eigenvalue weighted by Gasteiger charge is 2.18. The standard InChI is InChI=1S/C16H18N2O3/c1-9-5-6-12(8-13(9)17)18-10(2)7-14(19)15(11(18)3)16(20)21-4/h5-8H,17H2,1-4H3. The fourth-order valence-electron chi connectivity index (χ4n) is 2.40. The molecule has 0 fully saturated rings. The molecule has 0 aliphatic rings. The van der Waals surface area contributed by atoms with Crippen LogP contribution in [0.5, 0.6) is 0 Å². The van der Waals surface area contributed by atoms with Gasteiger partial charge in [-0.1, -0.05) is 6.07 Å². The number of carbonyl (C=O) groups is 1. The van der Waals surface area contributed by atoms with Crippen LogP contribution in [0.1, 0.15) is 27.3 Å². The van der Waals surface area contributed by atoms with Gasteiger partial charge in [0.15, 0.2) is 5.43 Å². The summed E-state index contributed by atoms with van der Waals surface area (Å²) in [6, 6.07) is 7.05. The van der Waals surface area contributed by atoms with Crippen LogP contribution in [0.25, 0.3) is 5.69 Å². The molecule has 1 heterocycles. The minimum atomic E-state index is -0.633. The van der Waals surface area contributed by atoms with Crippen LogP contribution in [0.3, 0.4) is 0 Å². The van der Waals surface area contributed by atoms with E-state index in [-0.39, 0.29) is 11.0 Å². The summed E-state index contributed by atoms with van der Waals surface area (Å²) in [5.41, 5.74) is 9.35. The van der Waals surface area contributed by atoms with Gasteiger partial charge in [-0.2, -0.15) is 0 Å². The number of pyridine rings is 1. The summed E-state index contributed by atoms with van der Waals surface area (Å²) in [5, 5.41) is 0. The highest BCUT2D eigenvalue weighted by Crippen LogP contribution is 2.20. The molecule has 0 atom stereocenters. The maximum atomic E-state index is 12.0. The Morgan fingerprint density at radius 1 is 1.19 bits per heavy atom. The summed E-state index contributed by atoms with van der Waals surface area (Å²) in [6.07, 6.45) is 0. The zero-order chi connectivity index (χ0) is 15.7. The lowest BCUT2D eigenvalue weighted by molar-refractivity contribution is 0.0597. The minimum absolute atomic E-state index is 0.0437. The highest BCUT2D eigenvalue weighted by molar-refractivity contribution is 5.90. The van der Waals surface area contributed by atoms with Crippen molar-refractivity contribution in [1.82, 2.24) is 4.57 Å². The van der Waals surface area contributed by atoms with E-state index in [4.69, 9.17) is 10.5 Å². The van der Waals surface area contributed by atoms with Gasteiger partial charge in [-0.05, 0) is 38.5 Å². The van der Waals surface area contributed by atoms with E-state index in [1.54, 1.807) is 6.92 Å². The van der Waals surface area contributed by atoms with Gasteiger partial charge in [-0.15, -0.1) is 0 Å². The molecule has 0 amide bonds. The number of nitrogens with two attached hydrogens (primary N) is 1. The first kappa shape index (κ1) is 14.8. The highest BCUT2D eigenvalue weighted by atomic mass is 16.5. The molecule has 2 N–H and O–H groups in total. The summed E-state index contributed by atoms with van der Waals surface area (Å²) in [5.74, 6) is -0.633. The van der Waals surface area contributed by atoms with Crippen molar-refractivity contribution in [2.45, 2.75) is 20.8 Å². The second-order valence-electron chi connectivity index (χ2n) is 4.98. The third kappa shape index (κ3) is 2.54. The average molecular weight is 286 g/mol. The predicted octanol–water partition coefficient (Wildman–Crippen LogP) is 2.13. The lowest BCUT2D eigenvalue weighted by Crippen LogP contribution is -2.23. The third-order valence-electron chi connectivity index (χ3n) is 3.55. The van der Waals surface area contributed by atoms with Crippen molar-refractivity contribution in [3.63, 3.8) is 0 Å². The van der Waals surface area contributed by atoms with Gasteiger partial charge in [0.2, 0.25) is 0 Å². The van der Waals surface area contributed by atoms with E-state index in [9.17, 15) is 9.59 Å². The van der Waals surface area contributed by atoms with E-state index in [0.29, 0.717) is 11.4 Å². The molecule has 0 unspecified atom stereocenters. The van der Waals surface area contributed by atoms with Gasteiger partial charge in [0.25, 0.3) is 0 Å². The van der Waals surface area contributed by atoms with E-state index in [1.807, 2.05) is 36.6 Å². The first-order valence-corrected chi connectivity index (χ1v) is 6.55. The molecule has 0 bridgehead atoms. The Morgan fingerprint density at radius 3 is 2.43 bits per heavy atom. The molecule has 5 heteroatoms. The topological polar surface area (TPSA) is 74.3 Å². The number of aromatic nitrogens is 1. The number of hydrogen-bond acceptors (Lipinski definition) is 4. The van der Waals surface area contributed by atoms with Gasteiger partial charge in [0, 0.05) is 28.8 Å². The van der Waals surface area contributed by atoms with E-state index in [1.165, 1.54) is 13.2 Å². The number of anilines is 1. The van der Waals surface area contributed by atoms with Gasteiger partial charge in [0.05, 0.1) is 7.11 Å². The van der Waals surface area contributed by atoms with Gasteiger partial charge in [-0.3, -0.25) is 4.79 Å². The Kier molecular flexibility index (Phi) is 3.84. The summed E-state index contributed by atoms with van der Waals surface area (Å²) in [4.78, 5) is 23.8. The smallest absolute Gasteiger partial charge is 0.343 e. The molecule has 2 aromatic rings. The van der Waals surface area contributed by atoms with Crippen molar-refractivity contribution in [2.75, 3.05) is 12.8 Å². The van der Waals surface area contributed by atoms with Crippen LogP contribution in [0.15, 0.2) is 29.1 Å². The molecule has 0 spiro atoms. The Balaban J connectivity index is 2.77. The van der Waals surface area contributed by atoms with Gasteiger partial charge >= 0.3 is 5.97 Å². The van der Waals surface area contributed by atoms with Crippen LogP contribution < -0.4 is 11.2 Å². The molecule has 0 aliphatic carbocycles. The third-order valence-corrected chi connectivity index (χ3v) is 3.55. The van der Waals surface area contributed by atoms with E-state index < -0.39 is 5.97 Å². The molecule has 1 aromatic carbocycles. The van der Waals surface area contributed by atoms with Crippen LogP contribution in [0.4, 0.5) is 5.69 Å². The van der Waals surface area contributed by atoms with Crippen LogP contribution in [0, 0.1) is 20.8 Å². The first-order chi connectivity index (χ1) is 9.86. The van der Waals surface area contributed by atoms with E-state index in [2.05, 4.69) is 0 Å². The molecule has 0 saturated heterocycles. The molecular weight excluding hydrogens is 268 g/mol. The maximum Gasteiger partial charge on any atom is 0.343 e. The van der Waals surface area contributed by atoms with Gasteiger partial charge < -0.3 is 15.0 Å². The van der Waals surface area contributed by atoms with E-state index >= 15 is 0 Å². The van der Waals surface area contributed by atoms with Crippen molar-refractivity contribution in [2.24, 2.45) is 0 Å². The van der Waals surface area contributed by atoms with Crippen LogP contribution >= 0.6 is 0 Å². The Labute approximate surface area is 123 Å². The molecule has 5 nitrogen and oxygen atoms in total. The number of carbonyl (C=O) groups excluding carboxylic acids is 1. The Morgan fingerprint density at radius 2 is 1.86 bits per heavy atom. The molecule has 0 radical (unpaired) electrons. The summed E-state index contributed by atoms with van der Waals surface area (Å²) < 4.78 is 6.52. The molecule has 110 valence electrons. The predicted molar refractivity (Wildman–Crippen MR) is 82.0 cm³/mol. The molecule has 0 saturated carbocycles. The zero-order valence-corrected chi connectivity index (χ0v) is 12.6. The number of methoxy groups -OCH3 is 1. The number of aryl methyl sites for hydroxylation is 2. The molecule has 21 heavy (non-hydrogen) atoms. The van der Waals surface area contributed by atoms with Crippen molar-refractivity contribution in [1.29, 1.82) is 0 Å². The quantitative estimate of drug-likeness (QED) is 0.678. The number of nitrogens with zero attached hydrogens (tertiary/aromatic N) is 1. The molecule has 0 aliphatic heterocycles. The molecular formula is C16H18N2O3. The lowest BCUT2D eigenvalue weighted by Gasteiger charge is -2.17. The SMILES string of the molecule is COC(=O)c1c(C)n(-c2ccc(C)c(N)c2)c(C)cc1=O. The number of esters is 1. The van der Waals surface area contributed by atoms with E-state index in [0.717, 1.165) is 16.9 Å². The second-order valence-corrected chi connectivity index (χ2v) is 4.98. The summed E-state index contributed by atoms with van der Waals surface area (Å²) in [6.45, 7) is 5.45. The lowest BCUT2D eigenvalue weighted by atomic mass is 10.1. The van der Waals surface area contributed by atoms with Crippen molar-refractivity contribution in [3.05, 3.63) is 57.0 Å². The number of nitrogen functional groups attached to an aromatic ring is 1. The average Bonchev–Trinajstić information content (AvgIpc) is 2.41. The molecule has 1 aromatic heterocycles. The second kappa shape index (κ2) is 5.44. The zero-order valence-electron chi connectivity index (χ0n) is 12.6. The first-order valence-electron chi connectivity index (χ1n) is 6.55. The van der Waals surface area contributed by atoms with Crippen molar-refractivity contribution in [3.8, 4) is 5.69 Å². The van der Waals surface area contributed by atoms with Gasteiger partial charge in [0.1, 0.15) is 5.56 Å². The number of ether oxygens (including phenoxy) is 1. The Hall–Kier alpha value is -2.56. The minimum Gasteiger partial charge on any atom is -0.465 e. The number of hydrogen-bond donors (Lipinski definition) is 1. The van der Waals surface area contributed by atoms with Crippen LogP contribution in [0.2, 0.25) is 0 Å². The van der Waals surface area contributed by atoms with Gasteiger partial charge in [-0.25, -0.2) is 4.79 Å². The monoisotopic (exact) mass is 286 g/mol. The molecule has 2 rings (SSSR count). The normalized spacial score (nSPS) is 10.5. The van der Waals surface area contributed by atoms with Crippen LogP contribution in [-0.2, 0) is 4.74 Å². The van der Waals surface area contributed by atoms with Crippen molar-refractivity contribution < 1.29 is 9.53 Å². The maximum absolute atomic E-state index is 12.0. The number of benzene rings is 1. The van der Waals surface area contributed by atoms with Crippen LogP contribution in [-0.4, -0.2) is 17.6 Å². The Bertz CT molecular complexity index is 776. The summed E-state index contributed by atoms with van der Waals surface area (Å²) >= 11 is 0. The summed E-state index contributed by atoms with van der Waals surface area (Å²) in [7, 11) is 1.26. The number of rotatable bonds is 2. The fraction of sp³-hybridized carbons (Fsp3) is 0.250. The van der Waals surface area contributed by atoms with Crippen molar-refractivity contribution >= 4 is 11.7 Å².